The Balaban J connectivity index is 1.69. The zero-order chi connectivity index (χ0) is 21.5. The van der Waals surface area contributed by atoms with Crippen molar-refractivity contribution >= 4 is 21.5 Å². The number of benzene rings is 1. The number of nitrogens with one attached hydrogen (secondary N) is 1. The lowest BCUT2D eigenvalue weighted by Gasteiger charge is -2.30. The van der Waals surface area contributed by atoms with E-state index in [1.54, 1.807) is 29.1 Å². The summed E-state index contributed by atoms with van der Waals surface area (Å²) in [5, 5.41) is 8.37. The number of hydrazone groups is 1. The van der Waals surface area contributed by atoms with Crippen molar-refractivity contribution in [2.24, 2.45) is 10.5 Å². The van der Waals surface area contributed by atoms with Gasteiger partial charge in [0.2, 0.25) is 5.78 Å². The van der Waals surface area contributed by atoms with Crippen molar-refractivity contribution in [3.05, 3.63) is 71.7 Å². The zero-order valence-electron chi connectivity index (χ0n) is 16.8. The molecular weight excluding hydrogens is 402 g/mol. The number of hydrogen-bond donors (Lipinski definition) is 1. The number of Topliss-reactive ketones (excluding diaryl/α,β-unsaturated/α-hetero) is 1. The van der Waals surface area contributed by atoms with Gasteiger partial charge in [0.1, 0.15) is 5.71 Å². The SMILES string of the molecule is Cc1ccc(S(=O)(=O)NN=C2C(=O)c3cnn(-c4ccccn4)c3CC2(C)C)cc1. The van der Waals surface area contributed by atoms with Gasteiger partial charge in [-0.3, -0.25) is 4.79 Å². The summed E-state index contributed by atoms with van der Waals surface area (Å²) in [5.74, 6) is 0.262. The first-order valence-corrected chi connectivity index (χ1v) is 10.9. The minimum atomic E-state index is -3.89. The van der Waals surface area contributed by atoms with Gasteiger partial charge in [0.15, 0.2) is 5.82 Å². The van der Waals surface area contributed by atoms with E-state index in [2.05, 4.69) is 20.0 Å². The molecule has 3 aromatic rings. The normalized spacial score (nSPS) is 17.0. The monoisotopic (exact) mass is 423 g/mol. The smallest absolute Gasteiger partial charge is 0.276 e. The van der Waals surface area contributed by atoms with Gasteiger partial charge >= 0.3 is 0 Å². The van der Waals surface area contributed by atoms with Crippen LogP contribution in [0.1, 0.15) is 35.5 Å². The van der Waals surface area contributed by atoms with E-state index in [4.69, 9.17) is 0 Å². The van der Waals surface area contributed by atoms with Crippen molar-refractivity contribution < 1.29 is 13.2 Å². The molecule has 0 fully saturated rings. The summed E-state index contributed by atoms with van der Waals surface area (Å²) in [5.41, 5.74) is 1.51. The predicted molar refractivity (Wildman–Crippen MR) is 112 cm³/mol. The van der Waals surface area contributed by atoms with Gasteiger partial charge in [-0.25, -0.2) is 9.67 Å². The van der Waals surface area contributed by atoms with Crippen molar-refractivity contribution in [1.82, 2.24) is 19.6 Å². The number of fused-ring (bicyclic) bond motifs is 1. The highest BCUT2D eigenvalue weighted by Gasteiger charge is 2.41. The molecule has 0 radical (unpaired) electrons. The quantitative estimate of drug-likeness (QED) is 0.650. The van der Waals surface area contributed by atoms with Gasteiger partial charge in [0, 0.05) is 18.0 Å². The van der Waals surface area contributed by atoms with E-state index in [9.17, 15) is 13.2 Å². The van der Waals surface area contributed by atoms with Crippen LogP contribution in [0.4, 0.5) is 0 Å². The van der Waals surface area contributed by atoms with Crippen LogP contribution < -0.4 is 4.83 Å². The molecule has 2 aromatic heterocycles. The molecule has 4 rings (SSSR count). The number of pyridine rings is 1. The van der Waals surface area contributed by atoms with Crippen LogP contribution in [0.3, 0.4) is 0 Å². The largest absolute Gasteiger partial charge is 0.287 e. The number of carbonyl (C=O) groups is 1. The molecule has 8 nitrogen and oxygen atoms in total. The summed E-state index contributed by atoms with van der Waals surface area (Å²) in [6, 6.07) is 11.9. The van der Waals surface area contributed by atoms with Crippen LogP contribution in [0, 0.1) is 12.3 Å². The van der Waals surface area contributed by atoms with Crippen molar-refractivity contribution in [3.63, 3.8) is 0 Å². The van der Waals surface area contributed by atoms with Gasteiger partial charge in [0.25, 0.3) is 10.0 Å². The number of rotatable bonds is 4. The molecule has 0 saturated carbocycles. The first-order valence-electron chi connectivity index (χ1n) is 9.39. The third kappa shape index (κ3) is 3.52. The van der Waals surface area contributed by atoms with Crippen LogP contribution in [0.2, 0.25) is 0 Å². The Morgan fingerprint density at radius 2 is 1.87 bits per heavy atom. The topological polar surface area (TPSA) is 106 Å². The Morgan fingerprint density at radius 1 is 1.13 bits per heavy atom. The minimum absolute atomic E-state index is 0.0853. The Bertz CT molecular complexity index is 1240. The van der Waals surface area contributed by atoms with E-state index in [1.807, 2.05) is 32.9 Å². The maximum Gasteiger partial charge on any atom is 0.276 e. The predicted octanol–water partition coefficient (Wildman–Crippen LogP) is 2.68. The zero-order valence-corrected chi connectivity index (χ0v) is 17.6. The lowest BCUT2D eigenvalue weighted by molar-refractivity contribution is 0.104. The standard InChI is InChI=1S/C21H21N5O3S/c1-14-7-9-15(10-8-14)30(28,29)25-24-20-19(27)16-13-23-26(17(16)12-21(20,2)3)18-6-4-5-11-22-18/h4-11,13,25H,12H2,1-3H3. The van der Waals surface area contributed by atoms with E-state index in [0.29, 0.717) is 17.8 Å². The molecule has 154 valence electrons. The Morgan fingerprint density at radius 3 is 2.53 bits per heavy atom. The molecule has 0 aliphatic heterocycles. The van der Waals surface area contributed by atoms with Gasteiger partial charge in [-0.15, -0.1) is 0 Å². The van der Waals surface area contributed by atoms with E-state index < -0.39 is 15.4 Å². The maximum absolute atomic E-state index is 13.1. The summed E-state index contributed by atoms with van der Waals surface area (Å²) in [6.07, 6.45) is 3.59. The molecule has 0 unspecified atom stereocenters. The van der Waals surface area contributed by atoms with Crippen molar-refractivity contribution in [1.29, 1.82) is 0 Å². The first kappa shape index (κ1) is 20.0. The van der Waals surface area contributed by atoms with Gasteiger partial charge in [0.05, 0.1) is 22.3 Å². The molecule has 1 aromatic carbocycles. The van der Waals surface area contributed by atoms with Crippen molar-refractivity contribution in [2.75, 3.05) is 0 Å². The van der Waals surface area contributed by atoms with Crippen molar-refractivity contribution in [2.45, 2.75) is 32.1 Å². The number of carbonyl (C=O) groups excluding carboxylic acids is 1. The van der Waals surface area contributed by atoms with Crippen LogP contribution in [0.25, 0.3) is 5.82 Å². The lowest BCUT2D eigenvalue weighted by Crippen LogP contribution is -2.40. The molecule has 0 spiro atoms. The second-order valence-electron chi connectivity index (χ2n) is 7.86. The first-order chi connectivity index (χ1) is 14.2. The van der Waals surface area contributed by atoms with Crippen LogP contribution in [0.15, 0.2) is 64.9 Å². The molecule has 1 aliphatic carbocycles. The fraction of sp³-hybridized carbons (Fsp3) is 0.238. The highest BCUT2D eigenvalue weighted by Crippen LogP contribution is 2.33. The van der Waals surface area contributed by atoms with Crippen molar-refractivity contribution in [3.8, 4) is 5.82 Å². The molecule has 0 bridgehead atoms. The van der Waals surface area contributed by atoms with Gasteiger partial charge in [-0.05, 0) is 31.2 Å². The summed E-state index contributed by atoms with van der Waals surface area (Å²) >= 11 is 0. The van der Waals surface area contributed by atoms with Crippen LogP contribution in [-0.4, -0.2) is 34.7 Å². The van der Waals surface area contributed by atoms with Gasteiger partial charge in [-0.2, -0.15) is 23.4 Å². The number of ketones is 1. The second-order valence-corrected chi connectivity index (χ2v) is 9.52. The van der Waals surface area contributed by atoms with Crippen LogP contribution in [-0.2, 0) is 16.4 Å². The molecule has 2 heterocycles. The molecular formula is C21H21N5O3S. The van der Waals surface area contributed by atoms with Gasteiger partial charge < -0.3 is 0 Å². The Hall–Kier alpha value is -3.33. The Labute approximate surface area is 174 Å². The molecule has 30 heavy (non-hydrogen) atoms. The van der Waals surface area contributed by atoms with Crippen LogP contribution in [0.5, 0.6) is 0 Å². The lowest BCUT2D eigenvalue weighted by atomic mass is 9.74. The average molecular weight is 423 g/mol. The number of sulfonamides is 1. The minimum Gasteiger partial charge on any atom is -0.287 e. The average Bonchev–Trinajstić information content (AvgIpc) is 3.11. The molecule has 0 atom stereocenters. The third-order valence-corrected chi connectivity index (χ3v) is 6.28. The highest BCUT2D eigenvalue weighted by molar-refractivity contribution is 7.89. The highest BCUT2D eigenvalue weighted by atomic mass is 32.2. The molecule has 0 amide bonds. The second kappa shape index (κ2) is 7.17. The van der Waals surface area contributed by atoms with E-state index in [-0.39, 0.29) is 16.4 Å². The molecule has 0 saturated heterocycles. The fourth-order valence-electron chi connectivity index (χ4n) is 3.43. The fourth-order valence-corrected chi connectivity index (χ4v) is 4.24. The van der Waals surface area contributed by atoms with Gasteiger partial charge in [-0.1, -0.05) is 37.6 Å². The number of hydrogen-bond acceptors (Lipinski definition) is 6. The molecule has 1 aliphatic rings. The summed E-state index contributed by atoms with van der Waals surface area (Å²) in [7, 11) is -3.89. The molecule has 1 N–H and O–H groups in total. The van der Waals surface area contributed by atoms with E-state index in [0.717, 1.165) is 11.3 Å². The summed E-state index contributed by atoms with van der Waals surface area (Å²) < 4.78 is 26.8. The number of nitrogens with zero attached hydrogens (tertiary/aromatic N) is 4. The maximum atomic E-state index is 13.1. The molecule has 9 heteroatoms. The number of aromatic nitrogens is 3. The summed E-state index contributed by atoms with van der Waals surface area (Å²) in [6.45, 7) is 5.57. The van der Waals surface area contributed by atoms with E-state index in [1.165, 1.54) is 18.3 Å². The van der Waals surface area contributed by atoms with Crippen LogP contribution >= 0.6 is 0 Å². The Kier molecular flexibility index (Phi) is 4.77. The third-order valence-electron chi connectivity index (χ3n) is 5.05. The number of aryl methyl sites for hydroxylation is 1. The van der Waals surface area contributed by atoms with E-state index >= 15 is 0 Å². The summed E-state index contributed by atoms with van der Waals surface area (Å²) in [4.78, 5) is 19.7.